The molecule has 1 aromatic carbocycles. The first kappa shape index (κ1) is 13.5. The van der Waals surface area contributed by atoms with Crippen molar-refractivity contribution in [3.05, 3.63) is 29.8 Å². The zero-order valence-electron chi connectivity index (χ0n) is 10.7. The first-order valence-corrected chi connectivity index (χ1v) is 5.77. The zero-order valence-corrected chi connectivity index (χ0v) is 10.7. The summed E-state index contributed by atoms with van der Waals surface area (Å²) in [6.45, 7) is 3.51. The van der Waals surface area contributed by atoms with Crippen molar-refractivity contribution in [3.8, 4) is 5.75 Å². The lowest BCUT2D eigenvalue weighted by Gasteiger charge is -2.15. The summed E-state index contributed by atoms with van der Waals surface area (Å²) >= 11 is 0. The van der Waals surface area contributed by atoms with Gasteiger partial charge in [0, 0.05) is 20.1 Å². The number of nitrogens with one attached hydrogen (secondary N) is 1. The fourth-order valence-electron chi connectivity index (χ4n) is 1.38. The van der Waals surface area contributed by atoms with Gasteiger partial charge in [-0.15, -0.1) is 0 Å². The topological polar surface area (TPSA) is 41.6 Å². The maximum atomic E-state index is 11.5. The van der Waals surface area contributed by atoms with Crippen LogP contribution in [0.5, 0.6) is 5.75 Å². The van der Waals surface area contributed by atoms with Crippen LogP contribution in [0.15, 0.2) is 24.3 Å². The van der Waals surface area contributed by atoms with Crippen LogP contribution in [0.4, 0.5) is 0 Å². The van der Waals surface area contributed by atoms with E-state index in [9.17, 15) is 4.79 Å². The molecular formula is C13H20N2O2. The number of rotatable bonds is 6. The molecule has 0 aromatic heterocycles. The van der Waals surface area contributed by atoms with Crippen molar-refractivity contribution in [3.63, 3.8) is 0 Å². The van der Waals surface area contributed by atoms with Crippen LogP contribution >= 0.6 is 0 Å². The lowest BCUT2D eigenvalue weighted by atomic mass is 10.2. The first-order valence-electron chi connectivity index (χ1n) is 5.77. The van der Waals surface area contributed by atoms with Gasteiger partial charge in [-0.25, -0.2) is 0 Å². The van der Waals surface area contributed by atoms with Crippen molar-refractivity contribution >= 4 is 5.91 Å². The Balaban J connectivity index is 2.51. The smallest absolute Gasteiger partial charge is 0.260 e. The largest absolute Gasteiger partial charge is 0.484 e. The maximum absolute atomic E-state index is 11.5. The van der Waals surface area contributed by atoms with Crippen molar-refractivity contribution < 1.29 is 9.53 Å². The molecule has 0 aliphatic carbocycles. The number of carbonyl (C=O) groups is 1. The van der Waals surface area contributed by atoms with Crippen molar-refractivity contribution in [2.24, 2.45) is 0 Å². The van der Waals surface area contributed by atoms with Gasteiger partial charge in [0.2, 0.25) is 0 Å². The molecule has 4 nitrogen and oxygen atoms in total. The van der Waals surface area contributed by atoms with Gasteiger partial charge in [-0.3, -0.25) is 4.79 Å². The summed E-state index contributed by atoms with van der Waals surface area (Å²) in [5.74, 6) is 0.724. The van der Waals surface area contributed by atoms with E-state index in [0.717, 1.165) is 17.9 Å². The minimum absolute atomic E-state index is 0.00785. The van der Waals surface area contributed by atoms with E-state index < -0.39 is 0 Å². The number of likely N-dealkylation sites (N-methyl/N-ethyl adjacent to an activating group) is 1. The van der Waals surface area contributed by atoms with Crippen LogP contribution in [0.2, 0.25) is 0 Å². The van der Waals surface area contributed by atoms with Crippen LogP contribution in [0.25, 0.3) is 0 Å². The van der Waals surface area contributed by atoms with E-state index in [2.05, 4.69) is 5.32 Å². The Hall–Kier alpha value is -1.55. The minimum Gasteiger partial charge on any atom is -0.484 e. The Bertz CT molecular complexity index is 366. The summed E-state index contributed by atoms with van der Waals surface area (Å²) in [6, 6.07) is 7.74. The molecule has 4 heteroatoms. The van der Waals surface area contributed by atoms with E-state index in [4.69, 9.17) is 4.74 Å². The maximum Gasteiger partial charge on any atom is 0.260 e. The lowest BCUT2D eigenvalue weighted by molar-refractivity contribution is -0.131. The van der Waals surface area contributed by atoms with E-state index in [1.807, 2.05) is 38.2 Å². The van der Waals surface area contributed by atoms with Crippen LogP contribution in [-0.4, -0.2) is 38.1 Å². The molecule has 0 bridgehead atoms. The van der Waals surface area contributed by atoms with Gasteiger partial charge in [0.15, 0.2) is 6.61 Å². The summed E-state index contributed by atoms with van der Waals surface area (Å²) in [5, 5.41) is 3.07. The lowest BCUT2D eigenvalue weighted by Crippen LogP contribution is -2.31. The molecule has 0 saturated carbocycles. The van der Waals surface area contributed by atoms with Gasteiger partial charge in [0.05, 0.1) is 0 Å². The van der Waals surface area contributed by atoms with Gasteiger partial charge in [-0.2, -0.15) is 0 Å². The fraction of sp³-hybridized carbons (Fsp3) is 0.462. The third-order valence-electron chi connectivity index (χ3n) is 2.54. The van der Waals surface area contributed by atoms with E-state index in [-0.39, 0.29) is 12.5 Å². The highest BCUT2D eigenvalue weighted by atomic mass is 16.5. The quantitative estimate of drug-likeness (QED) is 0.808. The number of nitrogens with zero attached hydrogens (tertiary/aromatic N) is 1. The number of amides is 1. The van der Waals surface area contributed by atoms with E-state index in [0.29, 0.717) is 6.54 Å². The van der Waals surface area contributed by atoms with Gasteiger partial charge in [0.1, 0.15) is 5.75 Å². The van der Waals surface area contributed by atoms with Crippen molar-refractivity contribution in [1.82, 2.24) is 10.2 Å². The molecule has 0 radical (unpaired) electrons. The summed E-state index contributed by atoms with van der Waals surface area (Å²) < 4.78 is 5.46. The second kappa shape index (κ2) is 6.91. The van der Waals surface area contributed by atoms with Crippen LogP contribution in [0.1, 0.15) is 12.5 Å². The monoisotopic (exact) mass is 236 g/mol. The molecule has 1 amide bonds. The number of hydrogen-bond donors (Lipinski definition) is 1. The molecule has 1 rings (SSSR count). The Morgan fingerprint density at radius 3 is 2.88 bits per heavy atom. The predicted molar refractivity (Wildman–Crippen MR) is 68.0 cm³/mol. The van der Waals surface area contributed by atoms with Crippen LogP contribution in [-0.2, 0) is 11.3 Å². The molecular weight excluding hydrogens is 216 g/mol. The van der Waals surface area contributed by atoms with E-state index in [1.165, 1.54) is 0 Å². The number of benzene rings is 1. The van der Waals surface area contributed by atoms with Crippen LogP contribution < -0.4 is 10.1 Å². The molecule has 1 N–H and O–H groups in total. The Kier molecular flexibility index (Phi) is 5.49. The second-order valence-corrected chi connectivity index (χ2v) is 3.87. The Morgan fingerprint density at radius 1 is 1.47 bits per heavy atom. The van der Waals surface area contributed by atoms with Gasteiger partial charge in [0.25, 0.3) is 5.91 Å². The number of carbonyl (C=O) groups excluding carboxylic acids is 1. The third kappa shape index (κ3) is 4.44. The SMILES string of the molecule is CCN(C)C(=O)COc1cccc(CNC)c1. The molecule has 0 aliphatic heterocycles. The number of hydrogen-bond acceptors (Lipinski definition) is 3. The highest BCUT2D eigenvalue weighted by molar-refractivity contribution is 5.77. The van der Waals surface area contributed by atoms with Gasteiger partial charge < -0.3 is 15.0 Å². The fourth-order valence-corrected chi connectivity index (χ4v) is 1.38. The average Bonchev–Trinajstić information content (AvgIpc) is 2.36. The summed E-state index contributed by atoms with van der Waals surface area (Å²) in [4.78, 5) is 13.2. The molecule has 1 aromatic rings. The third-order valence-corrected chi connectivity index (χ3v) is 2.54. The Labute approximate surface area is 103 Å². The molecule has 0 fully saturated rings. The predicted octanol–water partition coefficient (Wildman–Crippen LogP) is 1.26. The summed E-state index contributed by atoms with van der Waals surface area (Å²) in [5.41, 5.74) is 1.14. The molecule has 17 heavy (non-hydrogen) atoms. The van der Waals surface area contributed by atoms with Crippen molar-refractivity contribution in [2.45, 2.75) is 13.5 Å². The first-order chi connectivity index (χ1) is 8.17. The molecule has 94 valence electrons. The molecule has 0 aliphatic rings. The molecule has 0 heterocycles. The van der Waals surface area contributed by atoms with Crippen LogP contribution in [0.3, 0.4) is 0 Å². The molecule has 0 spiro atoms. The Morgan fingerprint density at radius 2 is 2.24 bits per heavy atom. The molecule has 0 unspecified atom stereocenters. The van der Waals surface area contributed by atoms with Gasteiger partial charge >= 0.3 is 0 Å². The molecule has 0 saturated heterocycles. The van der Waals surface area contributed by atoms with Gasteiger partial charge in [-0.1, -0.05) is 12.1 Å². The summed E-state index contributed by atoms with van der Waals surface area (Å²) in [7, 11) is 3.66. The zero-order chi connectivity index (χ0) is 12.7. The highest BCUT2D eigenvalue weighted by Gasteiger charge is 2.07. The number of ether oxygens (including phenoxy) is 1. The van der Waals surface area contributed by atoms with E-state index >= 15 is 0 Å². The van der Waals surface area contributed by atoms with Gasteiger partial charge in [-0.05, 0) is 31.7 Å². The standard InChI is InChI=1S/C13H20N2O2/c1-4-15(3)13(16)10-17-12-7-5-6-11(8-12)9-14-2/h5-8,14H,4,9-10H2,1-3H3. The van der Waals surface area contributed by atoms with Crippen LogP contribution in [0, 0.1) is 0 Å². The highest BCUT2D eigenvalue weighted by Crippen LogP contribution is 2.13. The minimum atomic E-state index is -0.00785. The summed E-state index contributed by atoms with van der Waals surface area (Å²) in [6.07, 6.45) is 0. The van der Waals surface area contributed by atoms with Crippen molar-refractivity contribution in [1.29, 1.82) is 0 Å². The second-order valence-electron chi connectivity index (χ2n) is 3.87. The molecule has 0 atom stereocenters. The van der Waals surface area contributed by atoms with Crippen molar-refractivity contribution in [2.75, 3.05) is 27.2 Å². The van der Waals surface area contributed by atoms with E-state index in [1.54, 1.807) is 11.9 Å². The normalized spacial score (nSPS) is 10.1. The average molecular weight is 236 g/mol.